The minimum Gasteiger partial charge on any atom is -0.488 e. The summed E-state index contributed by atoms with van der Waals surface area (Å²) in [5.41, 5.74) is 4.58. The second-order valence-electron chi connectivity index (χ2n) is 6.61. The number of halogens is 3. The van der Waals surface area contributed by atoms with Crippen LogP contribution in [-0.2, 0) is 16.2 Å². The first kappa shape index (κ1) is 23.8. The van der Waals surface area contributed by atoms with Gasteiger partial charge in [-0.2, -0.15) is 5.10 Å². The fraction of sp³-hybridized carbons (Fsp3) is 0.0870. The average molecular weight is 535 g/mol. The van der Waals surface area contributed by atoms with Crippen molar-refractivity contribution in [2.24, 2.45) is 5.10 Å². The maximum atomic E-state index is 12.0. The van der Waals surface area contributed by atoms with Crippen molar-refractivity contribution < 1.29 is 14.3 Å². The first-order chi connectivity index (χ1) is 15.4. The lowest BCUT2D eigenvalue weighted by Gasteiger charge is -2.09. The van der Waals surface area contributed by atoms with Crippen LogP contribution in [0.2, 0.25) is 10.0 Å². The van der Waals surface area contributed by atoms with Gasteiger partial charge in [0.05, 0.1) is 20.7 Å². The van der Waals surface area contributed by atoms with Crippen LogP contribution in [0, 0.1) is 0 Å². The molecule has 0 spiro atoms. The molecule has 0 fully saturated rings. The molecule has 0 aliphatic heterocycles. The van der Waals surface area contributed by atoms with Gasteiger partial charge in [-0.15, -0.1) is 0 Å². The van der Waals surface area contributed by atoms with Crippen molar-refractivity contribution in [2.75, 3.05) is 5.32 Å². The van der Waals surface area contributed by atoms with Gasteiger partial charge in [0, 0.05) is 5.69 Å². The second kappa shape index (κ2) is 11.7. The van der Waals surface area contributed by atoms with E-state index in [1.807, 2.05) is 36.4 Å². The number of ether oxygens (including phenoxy) is 1. The normalized spacial score (nSPS) is 10.7. The molecule has 0 radical (unpaired) electrons. The molecule has 0 heterocycles. The summed E-state index contributed by atoms with van der Waals surface area (Å²) in [5.74, 6) is -0.367. The molecule has 164 valence electrons. The van der Waals surface area contributed by atoms with E-state index in [4.69, 9.17) is 27.9 Å². The number of hydrogen-bond donors (Lipinski definition) is 2. The summed E-state index contributed by atoms with van der Waals surface area (Å²) >= 11 is 15.2. The van der Waals surface area contributed by atoms with E-state index in [9.17, 15) is 9.59 Å². The standard InChI is InChI=1S/C23H18BrCl2N3O3/c24-18-10-16(6-9-21(18)32-14-15-4-2-1-3-5-15)13-27-29-23(31)12-22(30)28-17-7-8-19(25)20(26)11-17/h1-11,13H,12,14H2,(H,28,30)(H,29,31). The minimum absolute atomic E-state index is 0.307. The molecule has 0 bridgehead atoms. The SMILES string of the molecule is O=C(CC(=O)Nc1ccc(Cl)c(Cl)c1)NN=Cc1ccc(OCc2ccccc2)c(Br)c1. The topological polar surface area (TPSA) is 79.8 Å². The Balaban J connectivity index is 1.47. The number of nitrogens with zero attached hydrogens (tertiary/aromatic N) is 1. The van der Waals surface area contributed by atoms with Crippen molar-refractivity contribution in [2.45, 2.75) is 13.0 Å². The number of carbonyl (C=O) groups excluding carboxylic acids is 2. The van der Waals surface area contributed by atoms with Gasteiger partial charge >= 0.3 is 0 Å². The largest absolute Gasteiger partial charge is 0.488 e. The van der Waals surface area contributed by atoms with Crippen LogP contribution >= 0.6 is 39.1 Å². The predicted octanol–water partition coefficient (Wildman–Crippen LogP) is 5.81. The second-order valence-corrected chi connectivity index (χ2v) is 8.28. The number of nitrogens with one attached hydrogen (secondary N) is 2. The summed E-state index contributed by atoms with van der Waals surface area (Å²) in [7, 11) is 0. The number of hydrogen-bond acceptors (Lipinski definition) is 4. The van der Waals surface area contributed by atoms with Crippen molar-refractivity contribution in [3.63, 3.8) is 0 Å². The molecule has 3 rings (SSSR count). The van der Waals surface area contributed by atoms with E-state index in [1.165, 1.54) is 12.3 Å². The summed E-state index contributed by atoms with van der Waals surface area (Å²) < 4.78 is 6.56. The van der Waals surface area contributed by atoms with Gasteiger partial charge in [-0.1, -0.05) is 53.5 Å². The zero-order valence-electron chi connectivity index (χ0n) is 16.6. The van der Waals surface area contributed by atoms with Crippen molar-refractivity contribution in [1.29, 1.82) is 0 Å². The Morgan fingerprint density at radius 1 is 0.969 bits per heavy atom. The summed E-state index contributed by atoms with van der Waals surface area (Å²) in [5, 5.41) is 7.14. The molecule has 6 nitrogen and oxygen atoms in total. The molecule has 0 aromatic heterocycles. The van der Waals surface area contributed by atoms with Gasteiger partial charge in [0.25, 0.3) is 0 Å². The van der Waals surface area contributed by atoms with E-state index in [0.29, 0.717) is 28.1 Å². The van der Waals surface area contributed by atoms with Crippen LogP contribution in [0.15, 0.2) is 76.3 Å². The zero-order valence-corrected chi connectivity index (χ0v) is 19.7. The Morgan fingerprint density at radius 2 is 1.75 bits per heavy atom. The highest BCUT2D eigenvalue weighted by molar-refractivity contribution is 9.10. The van der Waals surface area contributed by atoms with Crippen molar-refractivity contribution in [3.8, 4) is 5.75 Å². The molecule has 2 amide bonds. The average Bonchev–Trinajstić information content (AvgIpc) is 2.76. The zero-order chi connectivity index (χ0) is 22.9. The molecular weight excluding hydrogens is 517 g/mol. The fourth-order valence-electron chi connectivity index (χ4n) is 2.59. The number of carbonyl (C=O) groups is 2. The van der Waals surface area contributed by atoms with Crippen LogP contribution in [0.4, 0.5) is 5.69 Å². The number of rotatable bonds is 8. The minimum atomic E-state index is -0.555. The highest BCUT2D eigenvalue weighted by Gasteiger charge is 2.10. The smallest absolute Gasteiger partial charge is 0.249 e. The number of anilines is 1. The Hall–Kier alpha value is -2.87. The van der Waals surface area contributed by atoms with Gasteiger partial charge < -0.3 is 10.1 Å². The third-order valence-corrected chi connectivity index (χ3v) is 5.48. The van der Waals surface area contributed by atoms with Gasteiger partial charge in [-0.3, -0.25) is 9.59 Å². The molecule has 0 aliphatic carbocycles. The van der Waals surface area contributed by atoms with Crippen LogP contribution in [-0.4, -0.2) is 18.0 Å². The first-order valence-corrected chi connectivity index (χ1v) is 11.0. The Bertz CT molecular complexity index is 1140. The molecule has 0 saturated carbocycles. The molecule has 0 aliphatic rings. The van der Waals surface area contributed by atoms with Crippen molar-refractivity contribution >= 4 is 62.8 Å². The Morgan fingerprint density at radius 3 is 2.47 bits per heavy atom. The van der Waals surface area contributed by atoms with Gasteiger partial charge in [-0.05, 0) is 63.5 Å². The van der Waals surface area contributed by atoms with Gasteiger partial charge in [0.1, 0.15) is 18.8 Å². The number of amides is 2. The van der Waals surface area contributed by atoms with E-state index in [1.54, 1.807) is 24.3 Å². The lowest BCUT2D eigenvalue weighted by Crippen LogP contribution is -2.24. The highest BCUT2D eigenvalue weighted by atomic mass is 79.9. The van der Waals surface area contributed by atoms with Gasteiger partial charge in [-0.25, -0.2) is 5.43 Å². The Kier molecular flexibility index (Phi) is 8.67. The molecule has 0 saturated heterocycles. The molecule has 0 atom stereocenters. The van der Waals surface area contributed by atoms with Crippen LogP contribution in [0.5, 0.6) is 5.75 Å². The molecule has 0 unspecified atom stereocenters. The van der Waals surface area contributed by atoms with Crippen LogP contribution in [0.25, 0.3) is 0 Å². The van der Waals surface area contributed by atoms with E-state index in [2.05, 4.69) is 31.8 Å². The van der Waals surface area contributed by atoms with Crippen LogP contribution in [0.3, 0.4) is 0 Å². The maximum Gasteiger partial charge on any atom is 0.249 e. The number of benzene rings is 3. The molecule has 9 heteroatoms. The molecule has 3 aromatic carbocycles. The number of hydrazone groups is 1. The van der Waals surface area contributed by atoms with E-state index >= 15 is 0 Å². The maximum absolute atomic E-state index is 12.0. The lowest BCUT2D eigenvalue weighted by molar-refractivity contribution is -0.126. The summed E-state index contributed by atoms with van der Waals surface area (Å²) in [6.45, 7) is 0.452. The van der Waals surface area contributed by atoms with E-state index in [-0.39, 0.29) is 0 Å². The summed E-state index contributed by atoms with van der Waals surface area (Å²) in [6.07, 6.45) is 1.08. The van der Waals surface area contributed by atoms with Gasteiger partial charge in [0.15, 0.2) is 0 Å². The predicted molar refractivity (Wildman–Crippen MR) is 130 cm³/mol. The fourth-order valence-corrected chi connectivity index (χ4v) is 3.40. The highest BCUT2D eigenvalue weighted by Crippen LogP contribution is 2.26. The van der Waals surface area contributed by atoms with Crippen molar-refractivity contribution in [1.82, 2.24) is 5.43 Å². The summed E-state index contributed by atoms with van der Waals surface area (Å²) in [4.78, 5) is 23.9. The lowest BCUT2D eigenvalue weighted by atomic mass is 10.2. The van der Waals surface area contributed by atoms with Gasteiger partial charge in [0.2, 0.25) is 11.8 Å². The van der Waals surface area contributed by atoms with E-state index in [0.717, 1.165) is 15.6 Å². The van der Waals surface area contributed by atoms with E-state index < -0.39 is 18.2 Å². The van der Waals surface area contributed by atoms with Crippen molar-refractivity contribution in [3.05, 3.63) is 92.4 Å². The summed E-state index contributed by atoms with van der Waals surface area (Å²) in [6, 6.07) is 19.9. The Labute approximate surface area is 203 Å². The third-order valence-electron chi connectivity index (χ3n) is 4.12. The molecule has 2 N–H and O–H groups in total. The first-order valence-electron chi connectivity index (χ1n) is 9.44. The quantitative estimate of drug-likeness (QED) is 0.217. The molecule has 32 heavy (non-hydrogen) atoms. The third kappa shape index (κ3) is 7.37. The van der Waals surface area contributed by atoms with Crippen LogP contribution < -0.4 is 15.5 Å². The monoisotopic (exact) mass is 533 g/mol. The molecule has 3 aromatic rings. The molecular formula is C23H18BrCl2N3O3. The van der Waals surface area contributed by atoms with Crippen LogP contribution in [0.1, 0.15) is 17.5 Å².